The van der Waals surface area contributed by atoms with Crippen molar-refractivity contribution < 1.29 is 4.79 Å². The fourth-order valence-corrected chi connectivity index (χ4v) is 4.36. The third-order valence-electron chi connectivity index (χ3n) is 4.49. The van der Waals surface area contributed by atoms with Crippen molar-refractivity contribution in [3.05, 3.63) is 63.4 Å². The zero-order chi connectivity index (χ0) is 22.1. The number of nitrogens with zero attached hydrogens (tertiary/aromatic N) is 4. The van der Waals surface area contributed by atoms with Crippen LogP contribution in [-0.4, -0.2) is 30.8 Å². The van der Waals surface area contributed by atoms with Gasteiger partial charge in [0, 0.05) is 22.7 Å². The molecule has 0 fully saturated rings. The lowest BCUT2D eigenvalue weighted by atomic mass is 10.1. The van der Waals surface area contributed by atoms with Crippen molar-refractivity contribution in [3.8, 4) is 10.6 Å². The van der Waals surface area contributed by atoms with Crippen LogP contribution in [0.15, 0.2) is 36.4 Å². The molecule has 1 amide bonds. The highest BCUT2D eigenvalue weighted by molar-refractivity contribution is 7.80. The first-order valence-electron chi connectivity index (χ1n) is 9.25. The van der Waals surface area contributed by atoms with Gasteiger partial charge in [0.1, 0.15) is 5.01 Å². The summed E-state index contributed by atoms with van der Waals surface area (Å²) in [5.41, 5.74) is 2.92. The number of hydrogen-bond acceptors (Lipinski definition) is 6. The van der Waals surface area contributed by atoms with E-state index in [0.717, 1.165) is 39.0 Å². The van der Waals surface area contributed by atoms with Crippen molar-refractivity contribution in [2.24, 2.45) is 0 Å². The molecule has 7 nitrogen and oxygen atoms in total. The summed E-state index contributed by atoms with van der Waals surface area (Å²) in [4.78, 5) is 13.2. The van der Waals surface area contributed by atoms with E-state index in [1.54, 1.807) is 16.6 Å². The Hall–Kier alpha value is -2.59. The normalized spacial score (nSPS) is 11.0. The second-order valence-electron chi connectivity index (χ2n) is 6.63. The molecule has 158 valence electrons. The van der Waals surface area contributed by atoms with Gasteiger partial charge in [0.05, 0.1) is 10.6 Å². The maximum Gasteiger partial charge on any atom is 0.258 e. The summed E-state index contributed by atoms with van der Waals surface area (Å²) in [6.07, 6.45) is 0.760. The number of amides is 1. The SMILES string of the molecule is CCc1nnc2sc(-c3ccc(NC(=S)NC(=O)c4cc(Cl)ccc4Cl)c(C)c3)nn12. The quantitative estimate of drug-likeness (QED) is 0.384. The van der Waals surface area contributed by atoms with Gasteiger partial charge in [-0.15, -0.1) is 10.2 Å². The summed E-state index contributed by atoms with van der Waals surface area (Å²) in [6, 6.07) is 10.5. The molecule has 4 aromatic rings. The van der Waals surface area contributed by atoms with E-state index in [-0.39, 0.29) is 10.7 Å². The number of hydrogen-bond donors (Lipinski definition) is 2. The average Bonchev–Trinajstić information content (AvgIpc) is 3.32. The molecule has 2 aromatic heterocycles. The molecular formula is C20H16Cl2N6OS2. The van der Waals surface area contributed by atoms with E-state index in [9.17, 15) is 4.79 Å². The Kier molecular flexibility index (Phi) is 6.19. The highest BCUT2D eigenvalue weighted by Gasteiger charge is 2.15. The Bertz CT molecular complexity index is 1320. The van der Waals surface area contributed by atoms with Crippen LogP contribution < -0.4 is 10.6 Å². The summed E-state index contributed by atoms with van der Waals surface area (Å²) >= 11 is 18.8. The van der Waals surface area contributed by atoms with Gasteiger partial charge in [-0.05, 0) is 61.1 Å². The van der Waals surface area contributed by atoms with Crippen LogP contribution >= 0.6 is 46.8 Å². The molecule has 0 saturated heterocycles. The van der Waals surface area contributed by atoms with Crippen LogP contribution in [0, 0.1) is 6.92 Å². The maximum absolute atomic E-state index is 12.5. The Morgan fingerprint density at radius 3 is 2.74 bits per heavy atom. The first-order chi connectivity index (χ1) is 14.9. The highest BCUT2D eigenvalue weighted by atomic mass is 35.5. The molecular weight excluding hydrogens is 475 g/mol. The third kappa shape index (κ3) is 4.54. The van der Waals surface area contributed by atoms with E-state index in [2.05, 4.69) is 25.9 Å². The standard InChI is InChI=1S/C20H16Cl2N6OS2/c1-3-16-25-26-20-28(16)27-18(31-20)11-4-7-15(10(2)8-11)23-19(30)24-17(29)13-9-12(21)5-6-14(13)22/h4-9H,3H2,1-2H3,(H2,23,24,29,30). The Morgan fingerprint density at radius 1 is 1.19 bits per heavy atom. The zero-order valence-electron chi connectivity index (χ0n) is 16.4. The zero-order valence-corrected chi connectivity index (χ0v) is 19.6. The van der Waals surface area contributed by atoms with Crippen molar-refractivity contribution in [2.75, 3.05) is 5.32 Å². The molecule has 2 heterocycles. The van der Waals surface area contributed by atoms with E-state index < -0.39 is 5.91 Å². The molecule has 0 spiro atoms. The van der Waals surface area contributed by atoms with E-state index in [4.69, 9.17) is 35.4 Å². The highest BCUT2D eigenvalue weighted by Crippen LogP contribution is 2.29. The monoisotopic (exact) mass is 490 g/mol. The Balaban J connectivity index is 1.48. The summed E-state index contributed by atoms with van der Waals surface area (Å²) in [6.45, 7) is 3.96. The van der Waals surface area contributed by atoms with Crippen molar-refractivity contribution in [1.29, 1.82) is 0 Å². The van der Waals surface area contributed by atoms with E-state index >= 15 is 0 Å². The molecule has 2 aromatic carbocycles. The molecule has 0 radical (unpaired) electrons. The lowest BCUT2D eigenvalue weighted by Crippen LogP contribution is -2.34. The number of carbonyl (C=O) groups excluding carboxylic acids is 1. The topological polar surface area (TPSA) is 84.2 Å². The maximum atomic E-state index is 12.5. The number of rotatable bonds is 4. The largest absolute Gasteiger partial charge is 0.332 e. The van der Waals surface area contributed by atoms with Crippen molar-refractivity contribution >= 4 is 68.4 Å². The molecule has 0 aliphatic heterocycles. The number of benzene rings is 2. The molecule has 31 heavy (non-hydrogen) atoms. The Morgan fingerprint density at radius 2 is 2.00 bits per heavy atom. The van der Waals surface area contributed by atoms with Crippen LogP contribution in [0.5, 0.6) is 0 Å². The van der Waals surface area contributed by atoms with Crippen LogP contribution in [0.25, 0.3) is 15.5 Å². The van der Waals surface area contributed by atoms with Crippen molar-refractivity contribution in [1.82, 2.24) is 25.1 Å². The molecule has 0 bridgehead atoms. The first-order valence-corrected chi connectivity index (χ1v) is 11.2. The molecule has 0 atom stereocenters. The molecule has 0 aliphatic carbocycles. The fraction of sp³-hybridized carbons (Fsp3) is 0.150. The Labute approximate surface area is 197 Å². The summed E-state index contributed by atoms with van der Waals surface area (Å²) in [5.74, 6) is 0.388. The summed E-state index contributed by atoms with van der Waals surface area (Å²) in [5, 5.41) is 20.3. The van der Waals surface area contributed by atoms with Gasteiger partial charge in [-0.1, -0.05) is 41.5 Å². The average molecular weight is 491 g/mol. The van der Waals surface area contributed by atoms with Crippen LogP contribution in [-0.2, 0) is 6.42 Å². The van der Waals surface area contributed by atoms with Crippen molar-refractivity contribution in [3.63, 3.8) is 0 Å². The van der Waals surface area contributed by atoms with E-state index in [0.29, 0.717) is 10.0 Å². The number of anilines is 1. The lowest BCUT2D eigenvalue weighted by Gasteiger charge is -2.13. The number of thiocarbonyl (C=S) groups is 1. The number of halogens is 2. The molecule has 0 aliphatic rings. The predicted molar refractivity (Wildman–Crippen MR) is 128 cm³/mol. The van der Waals surface area contributed by atoms with Crippen LogP contribution in [0.4, 0.5) is 5.69 Å². The smallest absolute Gasteiger partial charge is 0.258 e. The van der Waals surface area contributed by atoms with Gasteiger partial charge in [0.25, 0.3) is 5.91 Å². The number of aromatic nitrogens is 4. The van der Waals surface area contributed by atoms with Gasteiger partial charge in [0.2, 0.25) is 4.96 Å². The van der Waals surface area contributed by atoms with E-state index in [1.165, 1.54) is 17.4 Å². The third-order valence-corrected chi connectivity index (χ3v) is 6.21. The lowest BCUT2D eigenvalue weighted by molar-refractivity contribution is 0.0978. The molecule has 4 rings (SSSR count). The second-order valence-corrected chi connectivity index (χ2v) is 8.84. The predicted octanol–water partition coefficient (Wildman–Crippen LogP) is 5.16. The van der Waals surface area contributed by atoms with Gasteiger partial charge in [-0.25, -0.2) is 0 Å². The first kappa shape index (κ1) is 21.6. The minimum Gasteiger partial charge on any atom is -0.332 e. The minimum atomic E-state index is -0.439. The number of carbonyl (C=O) groups is 1. The van der Waals surface area contributed by atoms with Crippen LogP contribution in [0.1, 0.15) is 28.7 Å². The fourth-order valence-electron chi connectivity index (χ4n) is 2.93. The summed E-state index contributed by atoms with van der Waals surface area (Å²) in [7, 11) is 0. The van der Waals surface area contributed by atoms with Gasteiger partial charge >= 0.3 is 0 Å². The molecule has 11 heteroatoms. The van der Waals surface area contributed by atoms with Crippen LogP contribution in [0.2, 0.25) is 10.0 Å². The molecule has 2 N–H and O–H groups in total. The number of nitrogens with one attached hydrogen (secondary N) is 2. The molecule has 0 unspecified atom stereocenters. The minimum absolute atomic E-state index is 0.156. The number of aryl methyl sites for hydroxylation is 2. The van der Waals surface area contributed by atoms with Gasteiger partial charge in [-0.3, -0.25) is 10.1 Å². The van der Waals surface area contributed by atoms with Gasteiger partial charge in [-0.2, -0.15) is 9.61 Å². The number of fused-ring (bicyclic) bond motifs is 1. The van der Waals surface area contributed by atoms with E-state index in [1.807, 2.05) is 32.0 Å². The second kappa shape index (κ2) is 8.88. The van der Waals surface area contributed by atoms with Gasteiger partial charge < -0.3 is 5.32 Å². The summed E-state index contributed by atoms with van der Waals surface area (Å²) < 4.78 is 1.77. The van der Waals surface area contributed by atoms with Crippen LogP contribution in [0.3, 0.4) is 0 Å². The van der Waals surface area contributed by atoms with Gasteiger partial charge in [0.15, 0.2) is 10.9 Å². The molecule has 0 saturated carbocycles. The van der Waals surface area contributed by atoms with Crippen molar-refractivity contribution in [2.45, 2.75) is 20.3 Å².